The normalized spacial score (nSPS) is 11.6. The summed E-state index contributed by atoms with van der Waals surface area (Å²) in [5, 5.41) is 0. The monoisotopic (exact) mass is 264 g/mol. The molecule has 0 saturated heterocycles. The molecule has 0 fully saturated rings. The second kappa shape index (κ2) is 9.81. The molecule has 0 saturated carbocycles. The third kappa shape index (κ3) is 17.2. The Morgan fingerprint density at radius 1 is 0.867 bits per heavy atom. The number of hydrogen-bond acceptors (Lipinski definition) is 1. The average molecular weight is 265 g/mol. The van der Waals surface area contributed by atoms with Gasteiger partial charge in [-0.3, -0.25) is 0 Å². The molecule has 0 spiro atoms. The van der Waals surface area contributed by atoms with E-state index in [4.69, 9.17) is 4.12 Å². The van der Waals surface area contributed by atoms with Crippen molar-refractivity contribution in [2.75, 3.05) is 0 Å². The first-order valence-corrected chi connectivity index (χ1v) is 15.1. The van der Waals surface area contributed by atoms with Gasteiger partial charge in [-0.15, -0.1) is 0 Å². The second-order valence-electron chi connectivity index (χ2n) is 5.37. The first kappa shape index (κ1) is 18.0. The van der Waals surface area contributed by atoms with Crippen molar-refractivity contribution in [3.63, 3.8) is 0 Å². The van der Waals surface area contributed by atoms with Crippen molar-refractivity contribution in [3.05, 3.63) is 0 Å². The van der Waals surface area contributed by atoms with Gasteiger partial charge in [0.15, 0.2) is 17.4 Å². The van der Waals surface area contributed by atoms with Gasteiger partial charge < -0.3 is 4.12 Å². The van der Waals surface area contributed by atoms with E-state index < -0.39 is 17.4 Å². The molecule has 1 nitrogen and oxygen atoms in total. The Morgan fingerprint density at radius 3 is 1.20 bits per heavy atom. The van der Waals surface area contributed by atoms with Crippen molar-refractivity contribution in [2.24, 2.45) is 0 Å². The molecule has 0 N–H and O–H groups in total. The van der Waals surface area contributed by atoms with Crippen molar-refractivity contribution in [1.82, 2.24) is 0 Å². The molecule has 0 aromatic heterocycles. The van der Waals surface area contributed by atoms with Crippen LogP contribution in [0, 0.1) is 0 Å². The van der Waals surface area contributed by atoms with E-state index in [1.54, 1.807) is 0 Å². The zero-order valence-electron chi connectivity index (χ0n) is 12.2. The van der Waals surface area contributed by atoms with E-state index in [0.29, 0.717) is 0 Å². The SMILES string of the molecule is CC[SiH](CC)CC.C[SiH](C)O[Si](C)(C)C. The molecule has 0 heterocycles. The summed E-state index contributed by atoms with van der Waals surface area (Å²) in [6, 6.07) is 4.48. The van der Waals surface area contributed by atoms with Crippen LogP contribution in [0.5, 0.6) is 0 Å². The summed E-state index contributed by atoms with van der Waals surface area (Å²) in [7, 11) is -2.06. The topological polar surface area (TPSA) is 9.23 Å². The average Bonchev–Trinajstić information content (AvgIpc) is 2.03. The first-order chi connectivity index (χ1) is 6.76. The van der Waals surface area contributed by atoms with Crippen molar-refractivity contribution >= 4 is 26.2 Å². The summed E-state index contributed by atoms with van der Waals surface area (Å²) in [4.78, 5) is 0. The van der Waals surface area contributed by atoms with Crippen LogP contribution < -0.4 is 0 Å². The first-order valence-electron chi connectivity index (χ1n) is 6.44. The minimum absolute atomic E-state index is 0.171. The van der Waals surface area contributed by atoms with Gasteiger partial charge in [0.25, 0.3) is 0 Å². The highest BCUT2D eigenvalue weighted by atomic mass is 28.4. The van der Waals surface area contributed by atoms with Gasteiger partial charge in [0.1, 0.15) is 0 Å². The van der Waals surface area contributed by atoms with E-state index in [1.807, 2.05) is 0 Å². The maximum absolute atomic E-state index is 5.72. The van der Waals surface area contributed by atoms with Crippen LogP contribution in [0.15, 0.2) is 0 Å². The van der Waals surface area contributed by atoms with Crippen molar-refractivity contribution < 1.29 is 4.12 Å². The number of rotatable bonds is 5. The fourth-order valence-corrected chi connectivity index (χ4v) is 8.96. The van der Waals surface area contributed by atoms with Gasteiger partial charge in [0.2, 0.25) is 0 Å². The van der Waals surface area contributed by atoms with Gasteiger partial charge in [0.05, 0.1) is 0 Å². The van der Waals surface area contributed by atoms with E-state index in [-0.39, 0.29) is 8.80 Å². The van der Waals surface area contributed by atoms with Crippen LogP contribution in [0.1, 0.15) is 20.8 Å². The molecule has 94 valence electrons. The van der Waals surface area contributed by atoms with Gasteiger partial charge in [-0.1, -0.05) is 38.9 Å². The van der Waals surface area contributed by atoms with Gasteiger partial charge in [-0.05, 0) is 32.7 Å². The Labute approximate surface area is 102 Å². The minimum atomic E-state index is -1.16. The standard InChI is InChI=1S/C6H16Si.C5H16OSi2/c1-4-7(5-2)6-3;1-7(2)6-8(3,4)5/h7H,4-6H2,1-3H3;7H,1-5H3. The van der Waals surface area contributed by atoms with E-state index in [2.05, 4.69) is 53.5 Å². The van der Waals surface area contributed by atoms with Crippen molar-refractivity contribution in [1.29, 1.82) is 0 Å². The lowest BCUT2D eigenvalue weighted by Gasteiger charge is -2.19. The molecule has 0 rings (SSSR count). The van der Waals surface area contributed by atoms with Crippen LogP contribution in [-0.2, 0) is 4.12 Å². The summed E-state index contributed by atoms with van der Waals surface area (Å²) >= 11 is 0. The predicted molar refractivity (Wildman–Crippen MR) is 81.9 cm³/mol. The van der Waals surface area contributed by atoms with Crippen LogP contribution in [0.25, 0.3) is 0 Å². The molecule has 0 aromatic carbocycles. The maximum Gasteiger partial charge on any atom is 0.170 e. The highest BCUT2D eigenvalue weighted by Crippen LogP contribution is 2.03. The van der Waals surface area contributed by atoms with Crippen molar-refractivity contribution in [2.45, 2.75) is 71.6 Å². The molecule has 0 radical (unpaired) electrons. The third-order valence-corrected chi connectivity index (χ3v) is 10.5. The summed E-state index contributed by atoms with van der Waals surface area (Å²) in [5.74, 6) is 0. The lowest BCUT2D eigenvalue weighted by Crippen LogP contribution is -2.31. The smallest absolute Gasteiger partial charge is 0.170 e. The third-order valence-electron chi connectivity index (χ3n) is 2.32. The second-order valence-corrected chi connectivity index (χ2v) is 16.8. The molecule has 0 unspecified atom stereocenters. The van der Waals surface area contributed by atoms with Gasteiger partial charge in [-0.2, -0.15) is 0 Å². The molecule has 0 aliphatic heterocycles. The minimum Gasteiger partial charge on any atom is -0.458 e. The molecule has 4 heteroatoms. The lowest BCUT2D eigenvalue weighted by molar-refractivity contribution is 0.583. The maximum atomic E-state index is 5.72. The van der Waals surface area contributed by atoms with Crippen molar-refractivity contribution in [3.8, 4) is 0 Å². The quantitative estimate of drug-likeness (QED) is 0.680. The highest BCUT2D eigenvalue weighted by Gasteiger charge is 2.14. The Kier molecular flexibility index (Phi) is 11.8. The van der Waals surface area contributed by atoms with E-state index in [9.17, 15) is 0 Å². The fraction of sp³-hybridized carbons (Fsp3) is 1.00. The van der Waals surface area contributed by atoms with Crippen LogP contribution in [0.3, 0.4) is 0 Å². The molecule has 0 amide bonds. The molecule has 0 aliphatic rings. The Morgan fingerprint density at radius 2 is 1.20 bits per heavy atom. The van der Waals surface area contributed by atoms with E-state index >= 15 is 0 Å². The van der Waals surface area contributed by atoms with Crippen LogP contribution >= 0.6 is 0 Å². The van der Waals surface area contributed by atoms with Gasteiger partial charge in [0, 0.05) is 8.80 Å². The summed E-state index contributed by atoms with van der Waals surface area (Å²) in [6.45, 7) is 18.1. The molecular formula is C11H32OSi3. The summed E-state index contributed by atoms with van der Waals surface area (Å²) in [6.07, 6.45) is 0. The van der Waals surface area contributed by atoms with E-state index in [1.165, 1.54) is 18.1 Å². The van der Waals surface area contributed by atoms with Crippen LogP contribution in [-0.4, -0.2) is 26.2 Å². The van der Waals surface area contributed by atoms with Crippen LogP contribution in [0.4, 0.5) is 0 Å². The Balaban J connectivity index is 0. The zero-order chi connectivity index (χ0) is 12.5. The molecular weight excluding hydrogens is 232 g/mol. The van der Waals surface area contributed by atoms with Crippen LogP contribution in [0.2, 0.25) is 50.9 Å². The van der Waals surface area contributed by atoms with E-state index in [0.717, 1.165) is 0 Å². The fourth-order valence-electron chi connectivity index (χ4n) is 1.57. The lowest BCUT2D eigenvalue weighted by atomic mass is 10.9. The highest BCUT2D eigenvalue weighted by molar-refractivity contribution is 6.76. The number of hydrogen-bond donors (Lipinski definition) is 0. The molecule has 0 aliphatic carbocycles. The van der Waals surface area contributed by atoms with Gasteiger partial charge in [-0.25, -0.2) is 0 Å². The summed E-state index contributed by atoms with van der Waals surface area (Å²) in [5.41, 5.74) is 0. The zero-order valence-corrected chi connectivity index (χ0v) is 15.5. The largest absolute Gasteiger partial charge is 0.458 e. The van der Waals surface area contributed by atoms with Gasteiger partial charge >= 0.3 is 0 Å². The molecule has 15 heavy (non-hydrogen) atoms. The Bertz CT molecular complexity index is 123. The predicted octanol–water partition coefficient (Wildman–Crippen LogP) is 4.09. The molecule has 0 bridgehead atoms. The molecule has 0 atom stereocenters. The Hall–Kier alpha value is 0.611. The summed E-state index contributed by atoms with van der Waals surface area (Å²) < 4.78 is 5.72. The molecule has 0 aromatic rings.